The molecule has 2 aromatic rings. The summed E-state index contributed by atoms with van der Waals surface area (Å²) in [5.74, 6) is -0.265. The number of allylic oxidation sites excluding steroid dienone is 6. The maximum atomic E-state index is 10.1. The van der Waals surface area contributed by atoms with Crippen molar-refractivity contribution in [2.24, 2.45) is 0 Å². The number of hydrogen-bond donors (Lipinski definition) is 1. The van der Waals surface area contributed by atoms with Gasteiger partial charge in [-0.1, -0.05) is 108 Å². The van der Waals surface area contributed by atoms with Gasteiger partial charge in [0.15, 0.2) is 0 Å². The molecule has 1 aromatic heterocycles. The number of aromatic amines is 1. The fraction of sp³-hybridized carbons (Fsp3) is 0.467. The van der Waals surface area contributed by atoms with E-state index in [-0.39, 0.29) is 5.92 Å². The molecule has 0 spiro atoms. The van der Waals surface area contributed by atoms with Crippen molar-refractivity contribution in [2.75, 3.05) is 0 Å². The van der Waals surface area contributed by atoms with E-state index in [2.05, 4.69) is 23.2 Å². The van der Waals surface area contributed by atoms with Crippen LogP contribution in [0, 0.1) is 18.3 Å². The van der Waals surface area contributed by atoms with Crippen LogP contribution in [0.4, 0.5) is 0 Å². The molecule has 3 nitrogen and oxygen atoms in total. The molecule has 0 amide bonds. The summed E-state index contributed by atoms with van der Waals surface area (Å²) in [4.78, 5) is 0. The van der Waals surface area contributed by atoms with E-state index < -0.39 is 0 Å². The van der Waals surface area contributed by atoms with Gasteiger partial charge in [-0.05, 0) is 51.3 Å². The molecule has 1 N–H and O–H groups in total. The van der Waals surface area contributed by atoms with Gasteiger partial charge in [-0.3, -0.25) is 5.10 Å². The lowest BCUT2D eigenvalue weighted by molar-refractivity contribution is 0.860. The van der Waals surface area contributed by atoms with Crippen molar-refractivity contribution in [2.45, 2.75) is 94.9 Å². The first-order valence-corrected chi connectivity index (χ1v) is 13.1. The Bertz CT molecular complexity index is 956. The molecule has 34 heavy (non-hydrogen) atoms. The maximum Gasteiger partial charge on any atom is 0.0961 e. The van der Waals surface area contributed by atoms with E-state index in [1.54, 1.807) is 0 Å². The average Bonchev–Trinajstić information content (AvgIpc) is 3.26. The van der Waals surface area contributed by atoms with Gasteiger partial charge in [0, 0.05) is 27.8 Å². The predicted octanol–water partition coefficient (Wildman–Crippen LogP) is 10.2. The van der Waals surface area contributed by atoms with Gasteiger partial charge in [0.2, 0.25) is 0 Å². The van der Waals surface area contributed by atoms with E-state index in [0.717, 1.165) is 52.1 Å². The van der Waals surface area contributed by atoms with Gasteiger partial charge < -0.3 is 0 Å². The van der Waals surface area contributed by atoms with E-state index in [4.69, 9.17) is 11.6 Å². The molecule has 1 heterocycles. The second-order valence-electron chi connectivity index (χ2n) is 6.87. The molecule has 4 heteroatoms. The number of nitrogens with one attached hydrogen (secondary N) is 1. The highest BCUT2D eigenvalue weighted by atomic mass is 35.5. The molecule has 2 rings (SSSR count). The van der Waals surface area contributed by atoms with E-state index >= 15 is 0 Å². The first-order valence-electron chi connectivity index (χ1n) is 12.7. The highest BCUT2D eigenvalue weighted by Gasteiger charge is 2.29. The van der Waals surface area contributed by atoms with Gasteiger partial charge in [-0.2, -0.15) is 10.4 Å². The quantitative estimate of drug-likeness (QED) is 0.314. The first kappa shape index (κ1) is 33.6. The molecular weight excluding hydrogens is 438 g/mol. The van der Waals surface area contributed by atoms with Crippen LogP contribution >= 0.6 is 11.6 Å². The van der Waals surface area contributed by atoms with Gasteiger partial charge in [0.05, 0.1) is 11.8 Å². The highest BCUT2D eigenvalue weighted by Crippen LogP contribution is 2.41. The van der Waals surface area contributed by atoms with Crippen molar-refractivity contribution in [3.05, 3.63) is 81.2 Å². The molecule has 0 aliphatic heterocycles. The molecule has 0 fully saturated rings. The maximum absolute atomic E-state index is 10.1. The molecule has 0 radical (unpaired) electrons. The van der Waals surface area contributed by atoms with Crippen LogP contribution in [0.5, 0.6) is 0 Å². The molecule has 0 aliphatic carbocycles. The van der Waals surface area contributed by atoms with Crippen LogP contribution in [-0.2, 0) is 0 Å². The van der Waals surface area contributed by atoms with Crippen LogP contribution in [0.3, 0.4) is 0 Å². The molecular formula is C30H46ClN3. The van der Waals surface area contributed by atoms with Gasteiger partial charge in [-0.15, -0.1) is 0 Å². The Morgan fingerprint density at radius 2 is 1.71 bits per heavy atom. The number of nitriles is 1. The van der Waals surface area contributed by atoms with Crippen LogP contribution in [0.15, 0.2) is 53.6 Å². The fourth-order valence-corrected chi connectivity index (χ4v) is 3.83. The molecule has 1 aromatic carbocycles. The molecule has 0 bridgehead atoms. The summed E-state index contributed by atoms with van der Waals surface area (Å²) in [5.41, 5.74) is 6.60. The number of nitrogens with zero attached hydrogens (tertiary/aromatic N) is 2. The summed E-state index contributed by atoms with van der Waals surface area (Å²) in [6, 6.07) is 10.3. The van der Waals surface area contributed by atoms with E-state index in [1.165, 1.54) is 0 Å². The van der Waals surface area contributed by atoms with Crippen LogP contribution in [0.25, 0.3) is 5.57 Å². The van der Waals surface area contributed by atoms with Crippen molar-refractivity contribution in [3.63, 3.8) is 0 Å². The third-order valence-corrected chi connectivity index (χ3v) is 5.27. The molecule has 0 saturated heterocycles. The number of aromatic nitrogens is 2. The SMILES string of the molecule is C/C=C\C(=C/C)c1n[nH]c(C)c1C(/C(C#N)=C(\C)CCC)c1ccccc1Cl.CC.CC.CC. The Balaban J connectivity index is 0. The molecule has 1 unspecified atom stereocenters. The monoisotopic (exact) mass is 483 g/mol. The first-order chi connectivity index (χ1) is 16.5. The third-order valence-electron chi connectivity index (χ3n) is 4.92. The lowest BCUT2D eigenvalue weighted by Crippen LogP contribution is -2.10. The van der Waals surface area contributed by atoms with Crippen LogP contribution < -0.4 is 0 Å². The largest absolute Gasteiger partial charge is 0.282 e. The van der Waals surface area contributed by atoms with Crippen molar-refractivity contribution < 1.29 is 0 Å². The average molecular weight is 484 g/mol. The smallest absolute Gasteiger partial charge is 0.0961 e. The number of rotatable bonds is 7. The van der Waals surface area contributed by atoms with Gasteiger partial charge in [-0.25, -0.2) is 0 Å². The minimum atomic E-state index is -0.265. The zero-order valence-electron chi connectivity index (χ0n) is 23.3. The topological polar surface area (TPSA) is 52.5 Å². The molecule has 1 atom stereocenters. The predicted molar refractivity (Wildman–Crippen MR) is 152 cm³/mol. The Morgan fingerprint density at radius 1 is 1.12 bits per heavy atom. The molecule has 0 aliphatic rings. The van der Waals surface area contributed by atoms with Crippen molar-refractivity contribution in [1.29, 1.82) is 5.26 Å². The van der Waals surface area contributed by atoms with Crippen molar-refractivity contribution >= 4 is 17.2 Å². The Labute approximate surface area is 214 Å². The summed E-state index contributed by atoms with van der Waals surface area (Å²) in [6.07, 6.45) is 7.94. The highest BCUT2D eigenvalue weighted by molar-refractivity contribution is 6.31. The lowest BCUT2D eigenvalue weighted by atomic mass is 9.80. The number of hydrogen-bond acceptors (Lipinski definition) is 2. The molecule has 0 saturated carbocycles. The summed E-state index contributed by atoms with van der Waals surface area (Å²) in [7, 11) is 0. The lowest BCUT2D eigenvalue weighted by Gasteiger charge is -2.22. The van der Waals surface area contributed by atoms with E-state index in [9.17, 15) is 5.26 Å². The van der Waals surface area contributed by atoms with Crippen molar-refractivity contribution in [3.8, 4) is 6.07 Å². The zero-order chi connectivity index (χ0) is 26.7. The van der Waals surface area contributed by atoms with Gasteiger partial charge >= 0.3 is 0 Å². The van der Waals surface area contributed by atoms with Crippen LogP contribution in [0.1, 0.15) is 111 Å². The second kappa shape index (κ2) is 19.9. The number of H-pyrrole nitrogens is 1. The Kier molecular flexibility index (Phi) is 19.6. The standard InChI is InChI=1S/C24H28ClN3.3C2H6/c1-6-11-16(4)20(15-26)23(19-13-9-10-14-21(19)25)22-17(5)27-28-24(22)18(8-3)12-7-2;3*1-2/h7-10,12-14,23H,6,11H2,1-5H3,(H,27,28);3*1-2H3/b12-7-,18-8+,20-16+;;;. The third kappa shape index (κ3) is 8.99. The summed E-state index contributed by atoms with van der Waals surface area (Å²) in [5, 5.41) is 18.5. The van der Waals surface area contributed by atoms with Crippen LogP contribution in [-0.4, -0.2) is 10.2 Å². The molecule has 188 valence electrons. The van der Waals surface area contributed by atoms with Gasteiger partial charge in [0.25, 0.3) is 0 Å². The van der Waals surface area contributed by atoms with Crippen molar-refractivity contribution in [1.82, 2.24) is 10.2 Å². The normalized spacial score (nSPS) is 12.1. The Morgan fingerprint density at radius 3 is 2.18 bits per heavy atom. The van der Waals surface area contributed by atoms with E-state index in [0.29, 0.717) is 5.02 Å². The van der Waals surface area contributed by atoms with Crippen LogP contribution in [0.2, 0.25) is 5.02 Å². The summed E-state index contributed by atoms with van der Waals surface area (Å²) in [6.45, 7) is 22.2. The number of benzene rings is 1. The number of aryl methyl sites for hydroxylation is 1. The minimum absolute atomic E-state index is 0.265. The zero-order valence-corrected chi connectivity index (χ0v) is 24.1. The minimum Gasteiger partial charge on any atom is -0.282 e. The second-order valence-corrected chi connectivity index (χ2v) is 7.27. The summed E-state index contributed by atoms with van der Waals surface area (Å²) >= 11 is 6.61. The summed E-state index contributed by atoms with van der Waals surface area (Å²) < 4.78 is 0. The number of halogens is 1. The van der Waals surface area contributed by atoms with Gasteiger partial charge in [0.1, 0.15) is 0 Å². The fourth-order valence-electron chi connectivity index (χ4n) is 3.58. The van der Waals surface area contributed by atoms with E-state index in [1.807, 2.05) is 112 Å². The Hall–Kier alpha value is -2.57.